The second-order valence-electron chi connectivity index (χ2n) is 4.62. The van der Waals surface area contributed by atoms with E-state index in [1.165, 1.54) is 12.1 Å². The van der Waals surface area contributed by atoms with E-state index in [2.05, 4.69) is 24.1 Å². The zero-order valence-electron chi connectivity index (χ0n) is 11.5. The Bertz CT molecular complexity index is 440. The summed E-state index contributed by atoms with van der Waals surface area (Å²) in [5.74, 6) is -0.605. The summed E-state index contributed by atoms with van der Waals surface area (Å²) in [5, 5.41) is 13.6. The molecule has 0 aliphatic carbocycles. The number of likely N-dealkylation sites (N-methyl/N-ethyl adjacent to an activating group) is 1. The van der Waals surface area contributed by atoms with Crippen molar-refractivity contribution in [2.75, 3.05) is 25.5 Å². The van der Waals surface area contributed by atoms with E-state index in [9.17, 15) is 14.5 Å². The first-order chi connectivity index (χ1) is 8.93. The number of hydrogen-bond acceptors (Lipinski definition) is 4. The molecule has 19 heavy (non-hydrogen) atoms. The van der Waals surface area contributed by atoms with Crippen molar-refractivity contribution in [3.05, 3.63) is 34.1 Å². The first-order valence-electron chi connectivity index (χ1n) is 6.33. The van der Waals surface area contributed by atoms with Gasteiger partial charge in [0.25, 0.3) is 5.69 Å². The van der Waals surface area contributed by atoms with Gasteiger partial charge in [-0.3, -0.25) is 10.1 Å². The van der Waals surface area contributed by atoms with Gasteiger partial charge in [-0.25, -0.2) is 4.39 Å². The van der Waals surface area contributed by atoms with Gasteiger partial charge < -0.3 is 10.2 Å². The number of nitrogens with one attached hydrogen (secondary N) is 1. The van der Waals surface area contributed by atoms with Gasteiger partial charge in [-0.05, 0) is 26.5 Å². The van der Waals surface area contributed by atoms with Crippen molar-refractivity contribution in [3.63, 3.8) is 0 Å². The highest BCUT2D eigenvalue weighted by Gasteiger charge is 2.10. The van der Waals surface area contributed by atoms with Crippen LogP contribution in [0.5, 0.6) is 0 Å². The quantitative estimate of drug-likeness (QED) is 0.611. The molecule has 1 unspecified atom stereocenters. The van der Waals surface area contributed by atoms with E-state index in [1.54, 1.807) is 0 Å². The number of hydrogen-bond donors (Lipinski definition) is 1. The Hall–Kier alpha value is -1.69. The number of nitrogens with zero attached hydrogens (tertiary/aromatic N) is 2. The van der Waals surface area contributed by atoms with E-state index in [4.69, 9.17) is 0 Å². The van der Waals surface area contributed by atoms with Crippen LogP contribution in [0.25, 0.3) is 0 Å². The van der Waals surface area contributed by atoms with E-state index < -0.39 is 10.7 Å². The SMILES string of the molecule is CCC(C)N(C)CCNc1cc(F)cc([N+](=O)[O-])c1. The lowest BCUT2D eigenvalue weighted by molar-refractivity contribution is -0.385. The van der Waals surface area contributed by atoms with Crippen LogP contribution in [-0.4, -0.2) is 36.0 Å². The summed E-state index contributed by atoms with van der Waals surface area (Å²) in [6.45, 7) is 5.65. The summed E-state index contributed by atoms with van der Waals surface area (Å²) in [5.41, 5.74) is 0.196. The van der Waals surface area contributed by atoms with Crippen LogP contribution in [0.4, 0.5) is 15.8 Å². The van der Waals surface area contributed by atoms with Gasteiger partial charge in [0.05, 0.1) is 11.0 Å². The van der Waals surface area contributed by atoms with E-state index in [-0.39, 0.29) is 5.69 Å². The predicted octanol–water partition coefficient (Wildman–Crippen LogP) is 2.88. The van der Waals surface area contributed by atoms with Crippen molar-refractivity contribution in [2.45, 2.75) is 26.3 Å². The molecule has 1 aromatic carbocycles. The third-order valence-corrected chi connectivity index (χ3v) is 3.23. The molecule has 6 heteroatoms. The standard InChI is InChI=1S/C13H20FN3O2/c1-4-10(2)16(3)6-5-15-12-7-11(14)8-13(9-12)17(18)19/h7-10,15H,4-6H2,1-3H3. The molecule has 0 fully saturated rings. The van der Waals surface area contributed by atoms with E-state index in [0.29, 0.717) is 18.3 Å². The van der Waals surface area contributed by atoms with Gasteiger partial charge in [-0.15, -0.1) is 0 Å². The second-order valence-corrected chi connectivity index (χ2v) is 4.62. The molecule has 1 aromatic rings. The van der Waals surface area contributed by atoms with E-state index in [1.807, 2.05) is 7.05 Å². The Morgan fingerprint density at radius 3 is 2.74 bits per heavy atom. The Kier molecular flexibility index (Phi) is 5.69. The smallest absolute Gasteiger partial charge is 0.274 e. The highest BCUT2D eigenvalue weighted by molar-refractivity contribution is 5.51. The Balaban J connectivity index is 2.56. The number of rotatable bonds is 7. The molecule has 1 atom stereocenters. The maximum Gasteiger partial charge on any atom is 0.274 e. The second kappa shape index (κ2) is 7.04. The summed E-state index contributed by atoms with van der Waals surface area (Å²) >= 11 is 0. The summed E-state index contributed by atoms with van der Waals surface area (Å²) in [6, 6.07) is 3.99. The molecule has 0 amide bonds. The average Bonchev–Trinajstić information content (AvgIpc) is 2.36. The van der Waals surface area contributed by atoms with Crippen molar-refractivity contribution >= 4 is 11.4 Å². The van der Waals surface area contributed by atoms with Gasteiger partial charge >= 0.3 is 0 Å². The molecule has 0 spiro atoms. The fourth-order valence-corrected chi connectivity index (χ4v) is 1.69. The zero-order chi connectivity index (χ0) is 14.4. The fraction of sp³-hybridized carbons (Fsp3) is 0.538. The lowest BCUT2D eigenvalue weighted by atomic mass is 10.2. The number of halogens is 1. The molecule has 1 N–H and O–H groups in total. The molecule has 0 radical (unpaired) electrons. The Labute approximate surface area is 112 Å². The summed E-state index contributed by atoms with van der Waals surface area (Å²) in [4.78, 5) is 12.2. The maximum atomic E-state index is 13.2. The molecular weight excluding hydrogens is 249 g/mol. The topological polar surface area (TPSA) is 58.4 Å². The molecule has 0 saturated heterocycles. The van der Waals surface area contributed by atoms with E-state index >= 15 is 0 Å². The van der Waals surface area contributed by atoms with Crippen LogP contribution < -0.4 is 5.32 Å². The minimum Gasteiger partial charge on any atom is -0.383 e. The number of non-ortho nitro benzene ring substituents is 1. The largest absolute Gasteiger partial charge is 0.383 e. The molecule has 0 saturated carbocycles. The molecule has 0 aliphatic rings. The van der Waals surface area contributed by atoms with Crippen LogP contribution in [0.2, 0.25) is 0 Å². The van der Waals surface area contributed by atoms with E-state index in [0.717, 1.165) is 19.0 Å². The minimum atomic E-state index is -0.605. The van der Waals surface area contributed by atoms with Gasteiger partial charge in [0, 0.05) is 30.9 Å². The van der Waals surface area contributed by atoms with Gasteiger partial charge in [-0.2, -0.15) is 0 Å². The highest BCUT2D eigenvalue weighted by atomic mass is 19.1. The molecule has 106 valence electrons. The van der Waals surface area contributed by atoms with Gasteiger partial charge in [0.1, 0.15) is 5.82 Å². The lowest BCUT2D eigenvalue weighted by Crippen LogP contribution is -2.32. The Morgan fingerprint density at radius 2 is 2.16 bits per heavy atom. The first-order valence-corrected chi connectivity index (χ1v) is 6.33. The van der Waals surface area contributed by atoms with Crippen LogP contribution in [0.15, 0.2) is 18.2 Å². The number of anilines is 1. The maximum absolute atomic E-state index is 13.2. The molecule has 5 nitrogen and oxygen atoms in total. The van der Waals surface area contributed by atoms with Crippen molar-refractivity contribution in [3.8, 4) is 0 Å². The lowest BCUT2D eigenvalue weighted by Gasteiger charge is -2.23. The van der Waals surface area contributed by atoms with Gasteiger partial charge in [-0.1, -0.05) is 6.92 Å². The van der Waals surface area contributed by atoms with Crippen LogP contribution in [0.3, 0.4) is 0 Å². The van der Waals surface area contributed by atoms with Crippen LogP contribution in [0, 0.1) is 15.9 Å². The number of nitro groups is 1. The monoisotopic (exact) mass is 269 g/mol. The third-order valence-electron chi connectivity index (χ3n) is 3.23. The average molecular weight is 269 g/mol. The zero-order valence-corrected chi connectivity index (χ0v) is 11.5. The summed E-state index contributed by atoms with van der Waals surface area (Å²) in [7, 11) is 2.02. The molecule has 1 rings (SSSR count). The van der Waals surface area contributed by atoms with Gasteiger partial charge in [0.2, 0.25) is 0 Å². The summed E-state index contributed by atoms with van der Waals surface area (Å²) in [6.07, 6.45) is 1.06. The van der Waals surface area contributed by atoms with Crippen molar-refractivity contribution in [1.29, 1.82) is 0 Å². The molecule has 0 bridgehead atoms. The molecule has 0 heterocycles. The van der Waals surface area contributed by atoms with Crippen molar-refractivity contribution in [2.24, 2.45) is 0 Å². The minimum absolute atomic E-state index is 0.238. The van der Waals surface area contributed by atoms with Crippen molar-refractivity contribution in [1.82, 2.24) is 4.90 Å². The molecule has 0 aromatic heterocycles. The van der Waals surface area contributed by atoms with Crippen molar-refractivity contribution < 1.29 is 9.31 Å². The van der Waals surface area contributed by atoms with Crippen LogP contribution in [-0.2, 0) is 0 Å². The molecular formula is C13H20FN3O2. The predicted molar refractivity (Wildman–Crippen MR) is 73.9 cm³/mol. The normalized spacial score (nSPS) is 12.5. The molecule has 0 aliphatic heterocycles. The van der Waals surface area contributed by atoms with Crippen LogP contribution in [0.1, 0.15) is 20.3 Å². The summed E-state index contributed by atoms with van der Waals surface area (Å²) < 4.78 is 13.2. The number of benzene rings is 1. The first kappa shape index (κ1) is 15.4. The number of nitro benzene ring substituents is 1. The highest BCUT2D eigenvalue weighted by Crippen LogP contribution is 2.19. The fourth-order valence-electron chi connectivity index (χ4n) is 1.69. The third kappa shape index (κ3) is 4.82. The Morgan fingerprint density at radius 1 is 1.47 bits per heavy atom. The van der Waals surface area contributed by atoms with Gasteiger partial charge in [0.15, 0.2) is 0 Å². The van der Waals surface area contributed by atoms with Crippen LogP contribution >= 0.6 is 0 Å².